The summed E-state index contributed by atoms with van der Waals surface area (Å²) in [6.07, 6.45) is 2.84. The van der Waals surface area contributed by atoms with Crippen molar-refractivity contribution in [3.8, 4) is 0 Å². The highest BCUT2D eigenvalue weighted by Gasteiger charge is 2.13. The Morgan fingerprint density at radius 2 is 2.22 bits per heavy atom. The van der Waals surface area contributed by atoms with Crippen LogP contribution in [0.5, 0.6) is 0 Å². The lowest BCUT2D eigenvalue weighted by molar-refractivity contribution is 0.506. The number of pyridine rings is 1. The monoisotopic (exact) mass is 291 g/mol. The molecule has 1 unspecified atom stereocenters. The van der Waals surface area contributed by atoms with E-state index >= 15 is 0 Å². The van der Waals surface area contributed by atoms with Crippen LogP contribution in [-0.2, 0) is 9.84 Å². The largest absolute Gasteiger partial charge is 0.271 e. The van der Waals surface area contributed by atoms with Crippen LogP contribution < -0.4 is 11.3 Å². The van der Waals surface area contributed by atoms with Gasteiger partial charge >= 0.3 is 0 Å². The van der Waals surface area contributed by atoms with Gasteiger partial charge in [-0.15, -0.1) is 0 Å². The van der Waals surface area contributed by atoms with Crippen molar-refractivity contribution in [2.75, 3.05) is 11.5 Å². The van der Waals surface area contributed by atoms with Crippen molar-refractivity contribution in [2.45, 2.75) is 25.8 Å². The Morgan fingerprint density at radius 3 is 2.72 bits per heavy atom. The van der Waals surface area contributed by atoms with Gasteiger partial charge in [0.25, 0.3) is 0 Å². The molecule has 0 aliphatic heterocycles. The number of nitrogens with zero attached hydrogens (tertiary/aromatic N) is 1. The van der Waals surface area contributed by atoms with Gasteiger partial charge in [-0.1, -0.05) is 24.6 Å². The summed E-state index contributed by atoms with van der Waals surface area (Å²) in [5, 5.41) is 0.420. The predicted molar refractivity (Wildman–Crippen MR) is 72.9 cm³/mol. The first-order valence-corrected chi connectivity index (χ1v) is 7.96. The number of rotatable bonds is 7. The Balaban J connectivity index is 2.55. The summed E-state index contributed by atoms with van der Waals surface area (Å²) in [5.74, 6) is 5.83. The summed E-state index contributed by atoms with van der Waals surface area (Å²) < 4.78 is 22.7. The normalized spacial score (nSPS) is 13.5. The molecule has 0 aliphatic carbocycles. The molecule has 1 atom stereocenters. The molecule has 1 heterocycles. The van der Waals surface area contributed by atoms with Gasteiger partial charge in [0.1, 0.15) is 15.0 Å². The van der Waals surface area contributed by atoms with E-state index in [9.17, 15) is 8.42 Å². The minimum Gasteiger partial charge on any atom is -0.271 e. The van der Waals surface area contributed by atoms with E-state index in [4.69, 9.17) is 17.4 Å². The third kappa shape index (κ3) is 4.89. The predicted octanol–water partition coefficient (Wildman–Crippen LogP) is 1.45. The van der Waals surface area contributed by atoms with Gasteiger partial charge in [0.15, 0.2) is 0 Å². The highest BCUT2D eigenvalue weighted by Crippen LogP contribution is 2.18. The summed E-state index contributed by atoms with van der Waals surface area (Å²) in [5.41, 5.74) is 3.56. The number of nitrogens with two attached hydrogens (primary N) is 1. The van der Waals surface area contributed by atoms with Gasteiger partial charge in [0, 0.05) is 18.0 Å². The maximum absolute atomic E-state index is 11.4. The zero-order valence-corrected chi connectivity index (χ0v) is 11.8. The summed E-state index contributed by atoms with van der Waals surface area (Å²) >= 11 is 5.70. The minimum atomic E-state index is -2.92. The van der Waals surface area contributed by atoms with E-state index < -0.39 is 9.84 Å². The minimum absolute atomic E-state index is 0.109. The topological polar surface area (TPSA) is 85.1 Å². The van der Waals surface area contributed by atoms with E-state index in [2.05, 4.69) is 10.4 Å². The third-order valence-electron chi connectivity index (χ3n) is 2.74. The Hall–Kier alpha value is -0.690. The van der Waals surface area contributed by atoms with Crippen molar-refractivity contribution < 1.29 is 8.42 Å². The number of sulfone groups is 1. The highest BCUT2D eigenvalue weighted by molar-refractivity contribution is 7.91. The Kier molecular flexibility index (Phi) is 6.01. The first-order valence-electron chi connectivity index (χ1n) is 5.76. The molecule has 0 aliphatic rings. The van der Waals surface area contributed by atoms with E-state index in [1.807, 2.05) is 6.07 Å². The molecular formula is C11H18ClN3O2S. The lowest BCUT2D eigenvalue weighted by Gasteiger charge is -2.15. The van der Waals surface area contributed by atoms with Crippen LogP contribution in [0.25, 0.3) is 0 Å². The third-order valence-corrected chi connectivity index (χ3v) is 4.76. The van der Waals surface area contributed by atoms with Crippen molar-refractivity contribution in [1.82, 2.24) is 10.4 Å². The van der Waals surface area contributed by atoms with E-state index in [-0.39, 0.29) is 17.5 Å². The van der Waals surface area contributed by atoms with Gasteiger partial charge in [0.2, 0.25) is 0 Å². The van der Waals surface area contributed by atoms with Crippen LogP contribution >= 0.6 is 11.6 Å². The Morgan fingerprint density at radius 1 is 1.50 bits per heavy atom. The molecule has 0 bridgehead atoms. The molecule has 0 saturated heterocycles. The van der Waals surface area contributed by atoms with Crippen LogP contribution in [0.1, 0.15) is 31.4 Å². The van der Waals surface area contributed by atoms with Gasteiger partial charge in [-0.3, -0.25) is 11.3 Å². The van der Waals surface area contributed by atoms with Crippen LogP contribution in [0.2, 0.25) is 5.15 Å². The fourth-order valence-electron chi connectivity index (χ4n) is 1.59. The number of halogens is 1. The average Bonchev–Trinajstić information content (AvgIpc) is 2.36. The van der Waals surface area contributed by atoms with Gasteiger partial charge in [-0.05, 0) is 24.5 Å². The molecular weight excluding hydrogens is 274 g/mol. The molecule has 18 heavy (non-hydrogen) atoms. The van der Waals surface area contributed by atoms with Gasteiger partial charge < -0.3 is 0 Å². The fourth-order valence-corrected chi connectivity index (χ4v) is 2.60. The quantitative estimate of drug-likeness (QED) is 0.451. The summed E-state index contributed by atoms with van der Waals surface area (Å²) in [7, 11) is -2.92. The second-order valence-electron chi connectivity index (χ2n) is 4.01. The number of hydrogen-bond acceptors (Lipinski definition) is 5. The van der Waals surface area contributed by atoms with Crippen molar-refractivity contribution in [2.24, 2.45) is 5.84 Å². The molecule has 7 heteroatoms. The molecule has 1 aromatic heterocycles. The first kappa shape index (κ1) is 15.4. The van der Waals surface area contributed by atoms with Crippen LogP contribution in [0.3, 0.4) is 0 Å². The molecule has 0 aromatic carbocycles. The number of hydrogen-bond donors (Lipinski definition) is 2. The fraction of sp³-hybridized carbons (Fsp3) is 0.545. The van der Waals surface area contributed by atoms with Gasteiger partial charge in [-0.25, -0.2) is 13.4 Å². The maximum Gasteiger partial charge on any atom is 0.150 e. The SMILES string of the molecule is CCS(=O)(=O)CCCC(NN)c1ccc(Cl)nc1. The molecule has 0 fully saturated rings. The van der Waals surface area contributed by atoms with E-state index in [0.29, 0.717) is 18.0 Å². The second kappa shape index (κ2) is 7.04. The molecule has 0 spiro atoms. The molecule has 1 aromatic rings. The van der Waals surface area contributed by atoms with E-state index in [1.165, 1.54) is 0 Å². The average molecular weight is 292 g/mol. The summed E-state index contributed by atoms with van der Waals surface area (Å²) in [4.78, 5) is 3.97. The number of nitrogens with one attached hydrogen (secondary N) is 1. The van der Waals surface area contributed by atoms with Gasteiger partial charge in [-0.2, -0.15) is 0 Å². The lowest BCUT2D eigenvalue weighted by Crippen LogP contribution is -2.28. The van der Waals surface area contributed by atoms with Crippen molar-refractivity contribution in [1.29, 1.82) is 0 Å². The highest BCUT2D eigenvalue weighted by atomic mass is 35.5. The van der Waals surface area contributed by atoms with Crippen molar-refractivity contribution in [3.63, 3.8) is 0 Å². The van der Waals surface area contributed by atoms with Crippen molar-refractivity contribution in [3.05, 3.63) is 29.0 Å². The molecule has 102 valence electrons. The zero-order chi connectivity index (χ0) is 13.6. The second-order valence-corrected chi connectivity index (χ2v) is 6.87. The number of hydrazine groups is 1. The van der Waals surface area contributed by atoms with Gasteiger partial charge in [0.05, 0.1) is 5.75 Å². The molecule has 0 amide bonds. The molecule has 3 N–H and O–H groups in total. The van der Waals surface area contributed by atoms with E-state index in [1.54, 1.807) is 19.2 Å². The lowest BCUT2D eigenvalue weighted by atomic mass is 10.1. The standard InChI is InChI=1S/C11H18ClN3O2S/c1-2-18(16,17)7-3-4-10(15-13)9-5-6-11(12)14-8-9/h5-6,8,10,15H,2-4,7,13H2,1H3. The zero-order valence-electron chi connectivity index (χ0n) is 10.3. The van der Waals surface area contributed by atoms with Crippen molar-refractivity contribution >= 4 is 21.4 Å². The Labute approximate surface area is 113 Å². The summed E-state index contributed by atoms with van der Waals surface area (Å²) in [6.45, 7) is 1.65. The Bertz CT molecular complexity index is 462. The van der Waals surface area contributed by atoms with Crippen LogP contribution in [0, 0.1) is 0 Å². The van der Waals surface area contributed by atoms with E-state index in [0.717, 1.165) is 5.56 Å². The van der Waals surface area contributed by atoms with Crippen LogP contribution in [-0.4, -0.2) is 24.9 Å². The van der Waals surface area contributed by atoms with Crippen LogP contribution in [0.15, 0.2) is 18.3 Å². The summed E-state index contributed by atoms with van der Waals surface area (Å²) in [6, 6.07) is 3.40. The van der Waals surface area contributed by atoms with Crippen LogP contribution in [0.4, 0.5) is 0 Å². The first-order chi connectivity index (χ1) is 8.48. The molecule has 5 nitrogen and oxygen atoms in total. The smallest absolute Gasteiger partial charge is 0.150 e. The molecule has 0 radical (unpaired) electrons. The molecule has 1 rings (SSSR count). The number of aromatic nitrogens is 1. The maximum atomic E-state index is 11.4. The molecule has 0 saturated carbocycles.